The van der Waals surface area contributed by atoms with Gasteiger partial charge in [0.25, 0.3) is 10.0 Å². The molecule has 0 amide bonds. The maximum atomic E-state index is 12.4. The number of fused-ring (bicyclic) bond motifs is 1. The highest BCUT2D eigenvalue weighted by molar-refractivity contribution is 7.89. The Hall–Kier alpha value is -2.02. The molecule has 3 aromatic rings. The first kappa shape index (κ1) is 16.8. The van der Waals surface area contributed by atoms with Crippen LogP contribution in [0.4, 0.5) is 0 Å². The Labute approximate surface area is 149 Å². The van der Waals surface area contributed by atoms with E-state index in [2.05, 4.69) is 14.9 Å². The van der Waals surface area contributed by atoms with Gasteiger partial charge in [-0.15, -0.1) is 0 Å². The fourth-order valence-electron chi connectivity index (χ4n) is 2.36. The number of hydrogen-bond acceptors (Lipinski definition) is 3. The molecule has 3 rings (SSSR count). The highest BCUT2D eigenvalue weighted by Crippen LogP contribution is 2.30. The molecule has 0 aliphatic heterocycles. The van der Waals surface area contributed by atoms with E-state index in [1.54, 1.807) is 13.1 Å². The first-order valence-corrected chi connectivity index (χ1v) is 9.19. The van der Waals surface area contributed by atoms with Crippen LogP contribution in [-0.4, -0.2) is 19.6 Å². The second kappa shape index (κ2) is 6.47. The molecular formula is C16H13Cl2N3O2S. The Morgan fingerprint density at radius 2 is 1.83 bits per heavy atom. The molecule has 0 fully saturated rings. The predicted octanol–water partition coefficient (Wildman–Crippen LogP) is 4.10. The zero-order valence-corrected chi connectivity index (χ0v) is 14.9. The fraction of sp³-hybridized carbons (Fsp3) is 0.0625. The van der Waals surface area contributed by atoms with E-state index in [9.17, 15) is 8.42 Å². The number of hydrazone groups is 1. The van der Waals surface area contributed by atoms with Crippen LogP contribution in [0.1, 0.15) is 11.1 Å². The van der Waals surface area contributed by atoms with E-state index in [1.165, 1.54) is 18.3 Å². The van der Waals surface area contributed by atoms with Crippen molar-refractivity contribution in [1.82, 2.24) is 9.82 Å². The molecule has 0 radical (unpaired) electrons. The van der Waals surface area contributed by atoms with Gasteiger partial charge in [-0.05, 0) is 30.7 Å². The molecule has 24 heavy (non-hydrogen) atoms. The molecular weight excluding hydrogens is 369 g/mol. The van der Waals surface area contributed by atoms with Crippen LogP contribution in [-0.2, 0) is 10.0 Å². The van der Waals surface area contributed by atoms with Crippen LogP contribution in [0.15, 0.2) is 52.6 Å². The summed E-state index contributed by atoms with van der Waals surface area (Å²) in [4.78, 5) is 5.03. The van der Waals surface area contributed by atoms with Crippen LogP contribution < -0.4 is 4.83 Å². The van der Waals surface area contributed by atoms with E-state index in [0.29, 0.717) is 0 Å². The number of aryl methyl sites for hydroxylation is 1. The lowest BCUT2D eigenvalue weighted by Gasteiger charge is -2.08. The van der Waals surface area contributed by atoms with Gasteiger partial charge in [-0.1, -0.05) is 41.4 Å². The number of aromatic nitrogens is 1. The summed E-state index contributed by atoms with van der Waals surface area (Å²) in [6, 6.07) is 10.7. The van der Waals surface area contributed by atoms with Crippen molar-refractivity contribution in [1.29, 1.82) is 0 Å². The summed E-state index contributed by atoms with van der Waals surface area (Å²) in [5.41, 5.74) is 2.46. The minimum absolute atomic E-state index is 0.0507. The minimum Gasteiger partial charge on any atom is -0.361 e. The van der Waals surface area contributed by atoms with Crippen molar-refractivity contribution >= 4 is 50.3 Å². The van der Waals surface area contributed by atoms with Crippen LogP contribution in [0.3, 0.4) is 0 Å². The van der Waals surface area contributed by atoms with Crippen molar-refractivity contribution in [2.75, 3.05) is 0 Å². The number of hydrogen-bond donors (Lipinski definition) is 2. The number of halogens is 2. The summed E-state index contributed by atoms with van der Waals surface area (Å²) in [6.07, 6.45) is 3.17. The number of H-pyrrole nitrogens is 1. The summed E-state index contributed by atoms with van der Waals surface area (Å²) < 4.78 is 24.8. The Balaban J connectivity index is 1.88. The van der Waals surface area contributed by atoms with Crippen molar-refractivity contribution in [2.45, 2.75) is 11.8 Å². The number of nitrogens with one attached hydrogen (secondary N) is 2. The molecule has 2 N–H and O–H groups in total. The molecule has 0 bridgehead atoms. The first-order valence-electron chi connectivity index (χ1n) is 6.95. The standard InChI is InChI=1S/C16H13Cl2N3O2S/c1-10-6-13(17)16(14(18)7-10)24(22,23)21-20-9-11-8-19-15-5-3-2-4-12(11)15/h2-9,19,21H,1H3/b20-9-. The predicted molar refractivity (Wildman–Crippen MR) is 97.4 cm³/mol. The minimum atomic E-state index is -3.97. The molecule has 124 valence electrons. The van der Waals surface area contributed by atoms with Gasteiger partial charge in [0.1, 0.15) is 4.90 Å². The largest absolute Gasteiger partial charge is 0.361 e. The second-order valence-corrected chi connectivity index (χ2v) is 7.61. The van der Waals surface area contributed by atoms with Gasteiger partial charge in [0.05, 0.1) is 16.3 Å². The van der Waals surface area contributed by atoms with Gasteiger partial charge in [-0.2, -0.15) is 18.4 Å². The molecule has 1 aromatic heterocycles. The zero-order chi connectivity index (χ0) is 17.3. The van der Waals surface area contributed by atoms with Crippen LogP contribution in [0.25, 0.3) is 10.9 Å². The quantitative estimate of drug-likeness (QED) is 0.527. The number of sulfonamides is 1. The van der Waals surface area contributed by atoms with Crippen molar-refractivity contribution < 1.29 is 8.42 Å². The van der Waals surface area contributed by atoms with Crippen molar-refractivity contribution in [3.63, 3.8) is 0 Å². The number of aromatic amines is 1. The molecule has 1 heterocycles. The van der Waals surface area contributed by atoms with E-state index in [4.69, 9.17) is 23.2 Å². The molecule has 5 nitrogen and oxygen atoms in total. The van der Waals surface area contributed by atoms with Gasteiger partial charge < -0.3 is 4.98 Å². The molecule has 0 saturated heterocycles. The Morgan fingerprint density at radius 1 is 1.17 bits per heavy atom. The van der Waals surface area contributed by atoms with E-state index in [-0.39, 0.29) is 14.9 Å². The van der Waals surface area contributed by atoms with Crippen LogP contribution in [0.5, 0.6) is 0 Å². The summed E-state index contributed by atoms with van der Waals surface area (Å²) >= 11 is 12.0. The first-order chi connectivity index (χ1) is 11.4. The van der Waals surface area contributed by atoms with Gasteiger partial charge in [0.2, 0.25) is 0 Å². The normalized spacial score (nSPS) is 12.1. The van der Waals surface area contributed by atoms with E-state index in [0.717, 1.165) is 22.0 Å². The molecule has 0 saturated carbocycles. The Morgan fingerprint density at radius 3 is 2.54 bits per heavy atom. The summed E-state index contributed by atoms with van der Waals surface area (Å²) in [7, 11) is -3.97. The highest BCUT2D eigenvalue weighted by atomic mass is 35.5. The monoisotopic (exact) mass is 381 g/mol. The Kier molecular flexibility index (Phi) is 4.54. The van der Waals surface area contributed by atoms with Crippen molar-refractivity contribution in [2.24, 2.45) is 5.10 Å². The van der Waals surface area contributed by atoms with Crippen molar-refractivity contribution in [3.8, 4) is 0 Å². The number of rotatable bonds is 4. The lowest BCUT2D eigenvalue weighted by atomic mass is 10.2. The summed E-state index contributed by atoms with van der Waals surface area (Å²) in [6.45, 7) is 1.77. The van der Waals surface area contributed by atoms with E-state index < -0.39 is 10.0 Å². The lowest BCUT2D eigenvalue weighted by molar-refractivity contribution is 0.585. The Bertz CT molecular complexity index is 1020. The summed E-state index contributed by atoms with van der Waals surface area (Å²) in [5.74, 6) is 0. The number of nitrogens with zero attached hydrogens (tertiary/aromatic N) is 1. The lowest BCUT2D eigenvalue weighted by Crippen LogP contribution is -2.19. The molecule has 8 heteroatoms. The third kappa shape index (κ3) is 3.26. The topological polar surface area (TPSA) is 74.3 Å². The third-order valence-corrected chi connectivity index (χ3v) is 5.55. The smallest absolute Gasteiger partial charge is 0.279 e. The molecule has 2 aromatic carbocycles. The van der Waals surface area contributed by atoms with Gasteiger partial charge in [0, 0.05) is 22.7 Å². The van der Waals surface area contributed by atoms with Crippen LogP contribution >= 0.6 is 23.2 Å². The number of benzene rings is 2. The second-order valence-electron chi connectivity index (χ2n) is 5.20. The van der Waals surface area contributed by atoms with Crippen LogP contribution in [0.2, 0.25) is 10.0 Å². The SMILES string of the molecule is Cc1cc(Cl)c(S(=O)(=O)N/N=C\c2c[nH]c3ccccc23)c(Cl)c1. The molecule has 0 spiro atoms. The van der Waals surface area contributed by atoms with Crippen molar-refractivity contribution in [3.05, 3.63) is 63.8 Å². The molecule has 0 unspecified atom stereocenters. The maximum absolute atomic E-state index is 12.4. The highest BCUT2D eigenvalue weighted by Gasteiger charge is 2.21. The molecule has 0 aliphatic rings. The van der Waals surface area contributed by atoms with E-state index in [1.807, 2.05) is 24.3 Å². The average Bonchev–Trinajstić information content (AvgIpc) is 2.89. The van der Waals surface area contributed by atoms with Gasteiger partial charge >= 0.3 is 0 Å². The van der Waals surface area contributed by atoms with E-state index >= 15 is 0 Å². The fourth-order valence-corrected chi connectivity index (χ4v) is 4.47. The van der Waals surface area contributed by atoms with Gasteiger partial charge in [-0.25, -0.2) is 0 Å². The molecule has 0 aliphatic carbocycles. The van der Waals surface area contributed by atoms with Gasteiger partial charge in [-0.3, -0.25) is 0 Å². The number of para-hydroxylation sites is 1. The third-order valence-electron chi connectivity index (χ3n) is 3.41. The molecule has 0 atom stereocenters. The maximum Gasteiger partial charge on any atom is 0.279 e. The zero-order valence-electron chi connectivity index (χ0n) is 12.5. The van der Waals surface area contributed by atoms with Gasteiger partial charge in [0.15, 0.2) is 0 Å². The van der Waals surface area contributed by atoms with Crippen LogP contribution in [0, 0.1) is 6.92 Å². The average molecular weight is 382 g/mol. The summed E-state index contributed by atoms with van der Waals surface area (Å²) in [5, 5.41) is 4.85.